The van der Waals surface area contributed by atoms with E-state index < -0.39 is 18.3 Å². The number of amides is 1. The lowest BCUT2D eigenvalue weighted by Gasteiger charge is -2.42. The van der Waals surface area contributed by atoms with Gasteiger partial charge in [-0.15, -0.1) is 0 Å². The summed E-state index contributed by atoms with van der Waals surface area (Å²) in [5.74, 6) is 2.96. The normalized spacial score (nSPS) is 17.1. The Balaban J connectivity index is 1.32. The van der Waals surface area contributed by atoms with E-state index in [1.54, 1.807) is 40.6 Å². The smallest absolute Gasteiger partial charge is 0.407 e. The average molecular weight is 702 g/mol. The van der Waals surface area contributed by atoms with E-state index in [-0.39, 0.29) is 32.2 Å². The lowest BCUT2D eigenvalue weighted by Crippen LogP contribution is -2.54. The quantitative estimate of drug-likeness (QED) is 0.109. The molecule has 0 aliphatic carbocycles. The molecule has 0 saturated carbocycles. The predicted octanol–water partition coefficient (Wildman–Crippen LogP) is 6.95. The standard InChI is InChI=1S/C40H47NO10/c1-44-33-17-29(18-34(21-33)45-2)26-50-37-23-41(40(42)43)24-38(51-27-30-19-35(46-3)22-36(20-30)47-4)39(37)31-11-13-32(14-12-31)49-16-8-15-48-25-28-9-6-5-7-10-28/h5-7,9-14,17-22,37-39H,8,15-16,23-27H2,1-4H3,(H,42,43). The summed E-state index contributed by atoms with van der Waals surface area (Å²) in [6.45, 7) is 2.40. The summed E-state index contributed by atoms with van der Waals surface area (Å²) >= 11 is 0. The van der Waals surface area contributed by atoms with Gasteiger partial charge in [-0.2, -0.15) is 0 Å². The van der Waals surface area contributed by atoms with Gasteiger partial charge in [0.15, 0.2) is 0 Å². The molecule has 1 aliphatic rings. The van der Waals surface area contributed by atoms with Gasteiger partial charge in [-0.25, -0.2) is 4.79 Å². The Labute approximate surface area is 299 Å². The van der Waals surface area contributed by atoms with Gasteiger partial charge >= 0.3 is 6.09 Å². The molecule has 5 rings (SSSR count). The first-order chi connectivity index (χ1) is 24.9. The summed E-state index contributed by atoms with van der Waals surface area (Å²) < 4.78 is 46.7. The number of methoxy groups -OCH3 is 4. The number of carboxylic acid groups (broad SMARTS) is 1. The van der Waals surface area contributed by atoms with Gasteiger partial charge < -0.3 is 47.9 Å². The van der Waals surface area contributed by atoms with Crippen molar-refractivity contribution in [2.45, 2.75) is 44.4 Å². The van der Waals surface area contributed by atoms with Gasteiger partial charge in [-0.1, -0.05) is 42.5 Å². The second-order valence-electron chi connectivity index (χ2n) is 12.2. The summed E-state index contributed by atoms with van der Waals surface area (Å²) in [6, 6.07) is 29.0. The number of ether oxygens (including phenoxy) is 8. The van der Waals surface area contributed by atoms with Crippen LogP contribution in [0, 0.1) is 0 Å². The van der Waals surface area contributed by atoms with E-state index in [4.69, 9.17) is 37.9 Å². The van der Waals surface area contributed by atoms with Crippen molar-refractivity contribution in [2.24, 2.45) is 0 Å². The zero-order valence-electron chi connectivity index (χ0n) is 29.6. The molecule has 0 bridgehead atoms. The highest BCUT2D eigenvalue weighted by atomic mass is 16.5. The van der Waals surface area contributed by atoms with Gasteiger partial charge in [0.25, 0.3) is 0 Å². The summed E-state index contributed by atoms with van der Waals surface area (Å²) in [5.41, 5.74) is 3.74. The second-order valence-corrected chi connectivity index (χ2v) is 12.2. The maximum Gasteiger partial charge on any atom is 0.407 e. The van der Waals surface area contributed by atoms with Gasteiger partial charge in [0.1, 0.15) is 28.7 Å². The molecule has 1 aliphatic heterocycles. The van der Waals surface area contributed by atoms with Crippen LogP contribution >= 0.6 is 0 Å². The SMILES string of the molecule is COc1cc(COC2CN(C(=O)O)CC(OCc3cc(OC)cc(OC)c3)C2c2ccc(OCCCOCc3ccccc3)cc2)cc(OC)c1. The minimum atomic E-state index is -1.04. The minimum absolute atomic E-state index is 0.162. The van der Waals surface area contributed by atoms with Crippen LogP contribution in [0.3, 0.4) is 0 Å². The highest BCUT2D eigenvalue weighted by molar-refractivity contribution is 5.65. The number of rotatable bonds is 18. The summed E-state index contributed by atoms with van der Waals surface area (Å²) in [7, 11) is 6.37. The molecule has 11 nitrogen and oxygen atoms in total. The van der Waals surface area contributed by atoms with Crippen molar-refractivity contribution in [1.82, 2.24) is 4.90 Å². The molecule has 1 heterocycles. The number of carbonyl (C=O) groups is 1. The van der Waals surface area contributed by atoms with Crippen LogP contribution in [0.2, 0.25) is 0 Å². The number of piperidine rings is 1. The third-order valence-electron chi connectivity index (χ3n) is 8.70. The fourth-order valence-electron chi connectivity index (χ4n) is 6.08. The summed E-state index contributed by atoms with van der Waals surface area (Å²) in [6.07, 6.45) is -1.37. The molecule has 1 N–H and O–H groups in total. The van der Waals surface area contributed by atoms with Crippen molar-refractivity contribution < 1.29 is 47.8 Å². The van der Waals surface area contributed by atoms with Crippen LogP contribution < -0.4 is 23.7 Å². The van der Waals surface area contributed by atoms with Crippen LogP contribution in [0.15, 0.2) is 91.0 Å². The molecule has 4 aromatic rings. The third-order valence-corrected chi connectivity index (χ3v) is 8.70. The Morgan fingerprint density at radius 3 is 1.61 bits per heavy atom. The van der Waals surface area contributed by atoms with Crippen LogP contribution in [0.25, 0.3) is 0 Å². The molecule has 0 spiro atoms. The van der Waals surface area contributed by atoms with Crippen LogP contribution in [-0.2, 0) is 34.0 Å². The third kappa shape index (κ3) is 10.8. The van der Waals surface area contributed by atoms with E-state index in [0.717, 1.165) is 34.4 Å². The number of likely N-dealkylation sites (tertiary alicyclic amines) is 1. The van der Waals surface area contributed by atoms with Gasteiger partial charge in [0.05, 0.1) is 86.8 Å². The van der Waals surface area contributed by atoms with Crippen molar-refractivity contribution in [2.75, 3.05) is 54.7 Å². The number of nitrogens with zero attached hydrogens (tertiary/aromatic N) is 1. The fourth-order valence-corrected chi connectivity index (χ4v) is 6.08. The van der Waals surface area contributed by atoms with E-state index in [9.17, 15) is 9.90 Å². The van der Waals surface area contributed by atoms with Crippen LogP contribution in [0.1, 0.15) is 34.6 Å². The molecule has 1 fully saturated rings. The molecule has 0 radical (unpaired) electrons. The molecule has 4 aromatic carbocycles. The maximum atomic E-state index is 12.4. The Hall–Kier alpha value is -4.97. The van der Waals surface area contributed by atoms with E-state index >= 15 is 0 Å². The molecule has 0 aromatic heterocycles. The summed E-state index contributed by atoms with van der Waals surface area (Å²) in [4.78, 5) is 13.7. The lowest BCUT2D eigenvalue weighted by atomic mass is 9.84. The largest absolute Gasteiger partial charge is 0.497 e. The number of hydrogen-bond acceptors (Lipinski definition) is 9. The first-order valence-corrected chi connectivity index (χ1v) is 16.9. The highest BCUT2D eigenvalue weighted by Crippen LogP contribution is 2.36. The molecule has 11 heteroatoms. The predicted molar refractivity (Wildman–Crippen MR) is 191 cm³/mol. The molecule has 272 valence electrons. The monoisotopic (exact) mass is 701 g/mol. The lowest BCUT2D eigenvalue weighted by molar-refractivity contribution is -0.0937. The van der Waals surface area contributed by atoms with Crippen molar-refractivity contribution >= 4 is 6.09 Å². The van der Waals surface area contributed by atoms with Gasteiger partial charge in [-0.05, 0) is 58.7 Å². The van der Waals surface area contributed by atoms with Crippen LogP contribution in [0.5, 0.6) is 28.7 Å². The van der Waals surface area contributed by atoms with Crippen molar-refractivity contribution in [3.05, 3.63) is 113 Å². The first kappa shape index (κ1) is 37.3. The molecular weight excluding hydrogens is 654 g/mol. The maximum absolute atomic E-state index is 12.4. The zero-order chi connectivity index (χ0) is 36.0. The molecule has 2 atom stereocenters. The van der Waals surface area contributed by atoms with E-state index in [2.05, 4.69) is 0 Å². The van der Waals surface area contributed by atoms with E-state index in [1.165, 1.54) is 4.90 Å². The van der Waals surface area contributed by atoms with E-state index in [1.807, 2.05) is 78.9 Å². The summed E-state index contributed by atoms with van der Waals surface area (Å²) in [5, 5.41) is 10.1. The highest BCUT2D eigenvalue weighted by Gasteiger charge is 2.41. The van der Waals surface area contributed by atoms with Gasteiger partial charge in [0.2, 0.25) is 0 Å². The van der Waals surface area contributed by atoms with Crippen LogP contribution in [-0.4, -0.2) is 83.1 Å². The molecule has 1 saturated heterocycles. The fraction of sp³-hybridized carbons (Fsp3) is 0.375. The second kappa shape index (κ2) is 18.9. The van der Waals surface area contributed by atoms with Gasteiger partial charge in [-0.3, -0.25) is 0 Å². The van der Waals surface area contributed by atoms with Crippen LogP contribution in [0.4, 0.5) is 4.79 Å². The number of hydrogen-bond donors (Lipinski definition) is 1. The molecular formula is C40H47NO10. The molecule has 1 amide bonds. The molecule has 2 unspecified atom stereocenters. The Morgan fingerprint density at radius 2 is 1.14 bits per heavy atom. The van der Waals surface area contributed by atoms with Gasteiger partial charge in [0, 0.05) is 24.5 Å². The molecule has 51 heavy (non-hydrogen) atoms. The van der Waals surface area contributed by atoms with E-state index in [0.29, 0.717) is 42.8 Å². The Kier molecular flexibility index (Phi) is 13.8. The average Bonchev–Trinajstić information content (AvgIpc) is 3.17. The first-order valence-electron chi connectivity index (χ1n) is 16.9. The zero-order valence-corrected chi connectivity index (χ0v) is 29.6. The van der Waals surface area contributed by atoms with Crippen molar-refractivity contribution in [3.8, 4) is 28.7 Å². The Bertz CT molecular complexity index is 1550. The Morgan fingerprint density at radius 1 is 0.627 bits per heavy atom. The topological polar surface area (TPSA) is 114 Å². The van der Waals surface area contributed by atoms with Crippen molar-refractivity contribution in [1.29, 1.82) is 0 Å². The minimum Gasteiger partial charge on any atom is -0.497 e. The van der Waals surface area contributed by atoms with Crippen molar-refractivity contribution in [3.63, 3.8) is 0 Å². The number of benzene rings is 4.